The first-order valence-corrected chi connectivity index (χ1v) is 5.41. The smallest absolute Gasteiger partial charge is 0.308 e. The lowest BCUT2D eigenvalue weighted by Crippen LogP contribution is -2.07. The summed E-state index contributed by atoms with van der Waals surface area (Å²) in [7, 11) is 1.27. The summed E-state index contributed by atoms with van der Waals surface area (Å²) < 4.78 is 9.32. The molecule has 0 N–H and O–H groups in total. The van der Waals surface area contributed by atoms with Gasteiger partial charge in [-0.15, -0.1) is 0 Å². The molecule has 1 aromatic rings. The Kier molecular flexibility index (Phi) is 5.05. The normalized spacial score (nSPS) is 9.67. The van der Waals surface area contributed by atoms with Gasteiger partial charge >= 0.3 is 11.9 Å². The number of carbonyl (C=O) groups is 3. The maximum atomic E-state index is 11.8. The van der Waals surface area contributed by atoms with Gasteiger partial charge in [-0.25, -0.2) is 0 Å². The molecule has 0 aliphatic rings. The second kappa shape index (κ2) is 6.54. The van der Waals surface area contributed by atoms with Crippen LogP contribution in [0.25, 0.3) is 0 Å². The Labute approximate surface area is 105 Å². The first-order chi connectivity index (χ1) is 8.52. The number of carbonyl (C=O) groups excluding carboxylic acids is 3. The predicted molar refractivity (Wildman–Crippen MR) is 63.3 cm³/mol. The highest BCUT2D eigenvalue weighted by atomic mass is 16.5. The molecule has 1 rings (SSSR count). The lowest BCUT2D eigenvalue weighted by molar-refractivity contribution is -0.140. The fraction of sp³-hybridized carbons (Fsp3) is 0.308. The molecule has 0 saturated heterocycles. The molecule has 0 heterocycles. The molecule has 0 aliphatic heterocycles. The fourth-order valence-electron chi connectivity index (χ4n) is 1.36. The third-order valence-corrected chi connectivity index (χ3v) is 2.20. The van der Waals surface area contributed by atoms with Crippen molar-refractivity contribution in [1.82, 2.24) is 0 Å². The molecular formula is C13H14O5. The van der Waals surface area contributed by atoms with Gasteiger partial charge in [-0.05, 0) is 12.1 Å². The largest absolute Gasteiger partial charge is 0.469 e. The van der Waals surface area contributed by atoms with Crippen LogP contribution in [-0.4, -0.2) is 24.8 Å². The van der Waals surface area contributed by atoms with Crippen LogP contribution in [0.2, 0.25) is 0 Å². The third-order valence-electron chi connectivity index (χ3n) is 2.20. The average Bonchev–Trinajstić information content (AvgIpc) is 2.35. The molecule has 1 aromatic carbocycles. The lowest BCUT2D eigenvalue weighted by Gasteiger charge is -2.04. The van der Waals surface area contributed by atoms with Crippen molar-refractivity contribution in [3.05, 3.63) is 29.8 Å². The van der Waals surface area contributed by atoms with Crippen LogP contribution in [0.1, 0.15) is 30.1 Å². The summed E-state index contributed by atoms with van der Waals surface area (Å²) in [5.74, 6) is -0.769. The van der Waals surface area contributed by atoms with Crippen LogP contribution < -0.4 is 4.74 Å². The minimum atomic E-state index is -0.450. The van der Waals surface area contributed by atoms with Crippen LogP contribution in [0.4, 0.5) is 0 Å². The van der Waals surface area contributed by atoms with E-state index in [4.69, 9.17) is 4.74 Å². The summed E-state index contributed by atoms with van der Waals surface area (Å²) in [4.78, 5) is 33.5. The molecule has 0 spiro atoms. The Morgan fingerprint density at radius 3 is 2.50 bits per heavy atom. The molecule has 0 aliphatic carbocycles. The van der Waals surface area contributed by atoms with E-state index in [1.165, 1.54) is 20.1 Å². The molecule has 0 fully saturated rings. The number of benzene rings is 1. The summed E-state index contributed by atoms with van der Waals surface area (Å²) in [6, 6.07) is 6.27. The monoisotopic (exact) mass is 250 g/mol. The Balaban J connectivity index is 2.68. The molecule has 0 amide bonds. The van der Waals surface area contributed by atoms with Crippen LogP contribution in [-0.2, 0) is 14.3 Å². The molecule has 0 atom stereocenters. The highest BCUT2D eigenvalue weighted by Crippen LogP contribution is 2.15. The lowest BCUT2D eigenvalue weighted by atomic mass is 10.1. The number of esters is 2. The number of ketones is 1. The zero-order chi connectivity index (χ0) is 13.5. The molecule has 96 valence electrons. The minimum Gasteiger partial charge on any atom is -0.469 e. The van der Waals surface area contributed by atoms with Crippen molar-refractivity contribution in [2.45, 2.75) is 19.8 Å². The summed E-state index contributed by atoms with van der Waals surface area (Å²) in [5, 5.41) is 0. The summed E-state index contributed by atoms with van der Waals surface area (Å²) in [5.41, 5.74) is 0.401. The van der Waals surface area contributed by atoms with Gasteiger partial charge in [-0.1, -0.05) is 12.1 Å². The third kappa shape index (κ3) is 4.37. The van der Waals surface area contributed by atoms with E-state index in [0.717, 1.165) is 0 Å². The summed E-state index contributed by atoms with van der Waals surface area (Å²) >= 11 is 0. The first kappa shape index (κ1) is 13.9. The Bertz CT molecular complexity index is 464. The van der Waals surface area contributed by atoms with E-state index in [1.807, 2.05) is 0 Å². The maximum absolute atomic E-state index is 11.8. The number of Topliss-reactive ketones (excluding diaryl/α,β-unsaturated/α-hetero) is 1. The van der Waals surface area contributed by atoms with Crippen molar-refractivity contribution in [3.63, 3.8) is 0 Å². The molecule has 0 aromatic heterocycles. The van der Waals surface area contributed by atoms with Crippen molar-refractivity contribution >= 4 is 17.7 Å². The quantitative estimate of drug-likeness (QED) is 0.452. The second-order valence-corrected chi connectivity index (χ2v) is 3.62. The highest BCUT2D eigenvalue weighted by molar-refractivity contribution is 5.97. The van der Waals surface area contributed by atoms with Crippen molar-refractivity contribution in [2.75, 3.05) is 7.11 Å². The number of rotatable bonds is 5. The van der Waals surface area contributed by atoms with Gasteiger partial charge in [0.05, 0.1) is 13.5 Å². The highest BCUT2D eigenvalue weighted by Gasteiger charge is 2.10. The second-order valence-electron chi connectivity index (χ2n) is 3.62. The van der Waals surface area contributed by atoms with Gasteiger partial charge in [-0.2, -0.15) is 0 Å². The summed E-state index contributed by atoms with van der Waals surface area (Å²) in [6.07, 6.45) is 0.101. The van der Waals surface area contributed by atoms with Crippen LogP contribution >= 0.6 is 0 Å². The van der Waals surface area contributed by atoms with Crippen LogP contribution in [0.3, 0.4) is 0 Å². The zero-order valence-electron chi connectivity index (χ0n) is 10.3. The molecule has 0 saturated carbocycles. The van der Waals surface area contributed by atoms with Crippen molar-refractivity contribution in [3.8, 4) is 5.75 Å². The first-order valence-electron chi connectivity index (χ1n) is 5.41. The van der Waals surface area contributed by atoms with Crippen molar-refractivity contribution in [1.29, 1.82) is 0 Å². The number of methoxy groups -OCH3 is 1. The SMILES string of the molecule is COC(=O)CCC(=O)c1cccc(OC(C)=O)c1. The zero-order valence-corrected chi connectivity index (χ0v) is 10.3. The molecule has 0 unspecified atom stereocenters. The van der Waals surface area contributed by atoms with Crippen LogP contribution in [0, 0.1) is 0 Å². The predicted octanol–water partition coefficient (Wildman–Crippen LogP) is 1.75. The topological polar surface area (TPSA) is 69.7 Å². The van der Waals surface area contributed by atoms with E-state index in [9.17, 15) is 14.4 Å². The van der Waals surface area contributed by atoms with Gasteiger partial charge in [0.25, 0.3) is 0 Å². The van der Waals surface area contributed by atoms with E-state index in [1.54, 1.807) is 18.2 Å². The molecule has 5 heteroatoms. The Morgan fingerprint density at radius 2 is 1.89 bits per heavy atom. The Morgan fingerprint density at radius 1 is 1.17 bits per heavy atom. The van der Waals surface area contributed by atoms with E-state index in [-0.39, 0.29) is 18.6 Å². The van der Waals surface area contributed by atoms with Gasteiger partial charge in [0, 0.05) is 18.9 Å². The standard InChI is InChI=1S/C13H14O5/c1-9(14)18-11-5-3-4-10(8-11)12(15)6-7-13(16)17-2/h3-5,8H,6-7H2,1-2H3. The Hall–Kier alpha value is -2.17. The minimum absolute atomic E-state index is 0.0348. The van der Waals surface area contributed by atoms with Gasteiger partial charge in [-0.3, -0.25) is 14.4 Å². The molecule has 0 bridgehead atoms. The van der Waals surface area contributed by atoms with Crippen LogP contribution in [0.5, 0.6) is 5.75 Å². The van der Waals surface area contributed by atoms with E-state index in [0.29, 0.717) is 11.3 Å². The van der Waals surface area contributed by atoms with Gasteiger partial charge in [0.15, 0.2) is 5.78 Å². The molecule has 18 heavy (non-hydrogen) atoms. The number of ether oxygens (including phenoxy) is 2. The van der Waals surface area contributed by atoms with E-state index >= 15 is 0 Å². The average molecular weight is 250 g/mol. The van der Waals surface area contributed by atoms with E-state index < -0.39 is 11.9 Å². The number of hydrogen-bond acceptors (Lipinski definition) is 5. The molecular weight excluding hydrogens is 236 g/mol. The van der Waals surface area contributed by atoms with E-state index in [2.05, 4.69) is 4.74 Å². The molecule has 5 nitrogen and oxygen atoms in total. The van der Waals surface area contributed by atoms with Gasteiger partial charge in [0.1, 0.15) is 5.75 Å². The van der Waals surface area contributed by atoms with Gasteiger partial charge < -0.3 is 9.47 Å². The van der Waals surface area contributed by atoms with Crippen molar-refractivity contribution < 1.29 is 23.9 Å². The van der Waals surface area contributed by atoms with Crippen LogP contribution in [0.15, 0.2) is 24.3 Å². The number of hydrogen-bond donors (Lipinski definition) is 0. The van der Waals surface area contributed by atoms with Gasteiger partial charge in [0.2, 0.25) is 0 Å². The fourth-order valence-corrected chi connectivity index (χ4v) is 1.36. The van der Waals surface area contributed by atoms with Crippen molar-refractivity contribution in [2.24, 2.45) is 0 Å². The summed E-state index contributed by atoms with van der Waals surface area (Å²) in [6.45, 7) is 1.28. The maximum Gasteiger partial charge on any atom is 0.308 e. The molecule has 0 radical (unpaired) electrons.